The van der Waals surface area contributed by atoms with Crippen molar-refractivity contribution in [2.75, 3.05) is 30.8 Å². The number of nitrogens with one attached hydrogen (secondary N) is 1. The van der Waals surface area contributed by atoms with Crippen molar-refractivity contribution in [1.82, 2.24) is 5.32 Å². The Labute approximate surface area is 119 Å². The zero-order chi connectivity index (χ0) is 14.1. The number of hydrogen-bond acceptors (Lipinski definition) is 4. The van der Waals surface area contributed by atoms with Crippen LogP contribution in [0.1, 0.15) is 19.3 Å². The number of piperidine rings is 2. The lowest BCUT2D eigenvalue weighted by molar-refractivity contribution is -0.124. The quantitative estimate of drug-likeness (QED) is 0.800. The molecule has 20 heavy (non-hydrogen) atoms. The third-order valence-corrected chi connectivity index (χ3v) is 4.34. The van der Waals surface area contributed by atoms with Crippen LogP contribution in [-0.2, 0) is 4.79 Å². The largest absolute Gasteiger partial charge is 0.497 e. The number of nitrogen functional groups attached to an aromatic ring is 1. The fourth-order valence-corrected chi connectivity index (χ4v) is 3.25. The van der Waals surface area contributed by atoms with E-state index in [-0.39, 0.29) is 5.91 Å². The Kier molecular flexibility index (Phi) is 3.42. The third-order valence-electron chi connectivity index (χ3n) is 4.34. The molecule has 2 fully saturated rings. The SMILES string of the molecule is COc1cc(N)cc(N2CCC3NC(=O)CCC3C2)c1. The van der Waals surface area contributed by atoms with Crippen molar-refractivity contribution in [3.8, 4) is 5.75 Å². The molecular formula is C15H21N3O2. The van der Waals surface area contributed by atoms with Crippen LogP contribution in [0.2, 0.25) is 0 Å². The van der Waals surface area contributed by atoms with E-state index in [1.807, 2.05) is 18.2 Å². The van der Waals surface area contributed by atoms with E-state index < -0.39 is 0 Å². The molecule has 1 aromatic carbocycles. The number of methoxy groups -OCH3 is 1. The number of carbonyl (C=O) groups is 1. The molecule has 0 bridgehead atoms. The van der Waals surface area contributed by atoms with Gasteiger partial charge in [0.25, 0.3) is 0 Å². The Morgan fingerprint density at radius 1 is 1.35 bits per heavy atom. The summed E-state index contributed by atoms with van der Waals surface area (Å²) in [6.45, 7) is 1.91. The highest BCUT2D eigenvalue weighted by atomic mass is 16.5. The molecule has 0 spiro atoms. The number of anilines is 2. The van der Waals surface area contributed by atoms with Crippen molar-refractivity contribution < 1.29 is 9.53 Å². The number of amides is 1. The van der Waals surface area contributed by atoms with E-state index in [9.17, 15) is 4.79 Å². The molecule has 0 aliphatic carbocycles. The maximum atomic E-state index is 11.4. The number of fused-ring (bicyclic) bond motifs is 1. The van der Waals surface area contributed by atoms with E-state index in [2.05, 4.69) is 10.2 Å². The molecule has 2 aliphatic rings. The number of ether oxygens (including phenoxy) is 1. The first kappa shape index (κ1) is 13.1. The van der Waals surface area contributed by atoms with Gasteiger partial charge in [0.15, 0.2) is 0 Å². The standard InChI is InChI=1S/C15H21N3O2/c1-20-13-7-11(16)6-12(8-13)18-5-4-14-10(9-18)2-3-15(19)17-14/h6-8,10,14H,2-5,9,16H2,1H3,(H,17,19). The van der Waals surface area contributed by atoms with Gasteiger partial charge in [-0.1, -0.05) is 0 Å². The Bertz CT molecular complexity index is 518. The van der Waals surface area contributed by atoms with Gasteiger partial charge in [-0.3, -0.25) is 4.79 Å². The molecule has 5 heteroatoms. The van der Waals surface area contributed by atoms with Crippen molar-refractivity contribution in [2.45, 2.75) is 25.3 Å². The average molecular weight is 275 g/mol. The van der Waals surface area contributed by atoms with Crippen molar-refractivity contribution in [1.29, 1.82) is 0 Å². The number of hydrogen-bond donors (Lipinski definition) is 2. The first-order valence-corrected chi connectivity index (χ1v) is 7.14. The minimum absolute atomic E-state index is 0.199. The van der Waals surface area contributed by atoms with Gasteiger partial charge in [0, 0.05) is 49.1 Å². The van der Waals surface area contributed by atoms with Crippen LogP contribution in [0.15, 0.2) is 18.2 Å². The molecule has 2 atom stereocenters. The van der Waals surface area contributed by atoms with Crippen molar-refractivity contribution in [3.63, 3.8) is 0 Å². The van der Waals surface area contributed by atoms with E-state index in [1.54, 1.807) is 7.11 Å². The Morgan fingerprint density at radius 3 is 3.00 bits per heavy atom. The molecule has 0 radical (unpaired) electrons. The second kappa shape index (κ2) is 5.23. The number of nitrogens with two attached hydrogens (primary N) is 1. The first-order valence-electron chi connectivity index (χ1n) is 7.14. The van der Waals surface area contributed by atoms with E-state index in [0.717, 1.165) is 43.1 Å². The number of benzene rings is 1. The third kappa shape index (κ3) is 2.53. The number of carbonyl (C=O) groups excluding carboxylic acids is 1. The van der Waals surface area contributed by atoms with Gasteiger partial charge in [0.2, 0.25) is 5.91 Å². The molecule has 5 nitrogen and oxygen atoms in total. The van der Waals surface area contributed by atoms with E-state index in [4.69, 9.17) is 10.5 Å². The summed E-state index contributed by atoms with van der Waals surface area (Å²) in [5.74, 6) is 1.53. The molecule has 2 heterocycles. The fraction of sp³-hybridized carbons (Fsp3) is 0.533. The van der Waals surface area contributed by atoms with Crippen LogP contribution in [-0.4, -0.2) is 32.1 Å². The van der Waals surface area contributed by atoms with Crippen LogP contribution < -0.4 is 20.7 Å². The monoisotopic (exact) mass is 275 g/mol. The lowest BCUT2D eigenvalue weighted by Gasteiger charge is -2.42. The van der Waals surface area contributed by atoms with Crippen LogP contribution in [0.4, 0.5) is 11.4 Å². The summed E-state index contributed by atoms with van der Waals surface area (Å²) in [5, 5.41) is 3.11. The van der Waals surface area contributed by atoms with Crippen LogP contribution in [0.5, 0.6) is 5.75 Å². The van der Waals surface area contributed by atoms with Gasteiger partial charge in [-0.25, -0.2) is 0 Å². The van der Waals surface area contributed by atoms with Crippen LogP contribution >= 0.6 is 0 Å². The number of rotatable bonds is 2. The first-order chi connectivity index (χ1) is 9.65. The van der Waals surface area contributed by atoms with Gasteiger partial charge in [-0.2, -0.15) is 0 Å². The Morgan fingerprint density at radius 2 is 2.20 bits per heavy atom. The summed E-state index contributed by atoms with van der Waals surface area (Å²) < 4.78 is 5.28. The van der Waals surface area contributed by atoms with Crippen molar-refractivity contribution in [2.24, 2.45) is 5.92 Å². The zero-order valence-electron chi connectivity index (χ0n) is 11.8. The highest BCUT2D eigenvalue weighted by Gasteiger charge is 2.33. The summed E-state index contributed by atoms with van der Waals surface area (Å²) in [4.78, 5) is 13.8. The van der Waals surface area contributed by atoms with Gasteiger partial charge in [-0.15, -0.1) is 0 Å². The molecule has 2 unspecified atom stereocenters. The molecule has 2 aliphatic heterocycles. The maximum Gasteiger partial charge on any atom is 0.220 e. The lowest BCUT2D eigenvalue weighted by Crippen LogP contribution is -2.54. The molecule has 2 saturated heterocycles. The van der Waals surface area contributed by atoms with Crippen LogP contribution in [0, 0.1) is 5.92 Å². The molecule has 108 valence electrons. The summed E-state index contributed by atoms with van der Waals surface area (Å²) in [6.07, 6.45) is 2.62. The molecule has 0 saturated carbocycles. The average Bonchev–Trinajstić information content (AvgIpc) is 2.46. The van der Waals surface area contributed by atoms with Crippen LogP contribution in [0.3, 0.4) is 0 Å². The maximum absolute atomic E-state index is 11.4. The van der Waals surface area contributed by atoms with Gasteiger partial charge >= 0.3 is 0 Å². The normalized spacial score (nSPS) is 25.9. The topological polar surface area (TPSA) is 67.6 Å². The van der Waals surface area contributed by atoms with Gasteiger partial charge < -0.3 is 20.7 Å². The fourth-order valence-electron chi connectivity index (χ4n) is 3.25. The minimum Gasteiger partial charge on any atom is -0.497 e. The predicted octanol–water partition coefficient (Wildman–Crippen LogP) is 1.38. The molecule has 1 amide bonds. The molecular weight excluding hydrogens is 254 g/mol. The van der Waals surface area contributed by atoms with Crippen molar-refractivity contribution >= 4 is 17.3 Å². The second-order valence-corrected chi connectivity index (χ2v) is 5.67. The summed E-state index contributed by atoms with van der Waals surface area (Å²) in [5.41, 5.74) is 7.76. The van der Waals surface area contributed by atoms with E-state index in [1.165, 1.54) is 0 Å². The van der Waals surface area contributed by atoms with Crippen LogP contribution in [0.25, 0.3) is 0 Å². The minimum atomic E-state index is 0.199. The molecule has 3 N–H and O–H groups in total. The predicted molar refractivity (Wildman–Crippen MR) is 78.9 cm³/mol. The Balaban J connectivity index is 1.76. The Hall–Kier alpha value is -1.91. The number of nitrogens with zero attached hydrogens (tertiary/aromatic N) is 1. The van der Waals surface area contributed by atoms with E-state index in [0.29, 0.717) is 18.4 Å². The lowest BCUT2D eigenvalue weighted by atomic mass is 9.85. The molecule has 3 rings (SSSR count). The van der Waals surface area contributed by atoms with Crippen molar-refractivity contribution in [3.05, 3.63) is 18.2 Å². The smallest absolute Gasteiger partial charge is 0.220 e. The van der Waals surface area contributed by atoms with Gasteiger partial charge in [0.1, 0.15) is 5.75 Å². The van der Waals surface area contributed by atoms with Gasteiger partial charge in [0.05, 0.1) is 7.11 Å². The highest BCUT2D eigenvalue weighted by molar-refractivity contribution is 5.77. The summed E-state index contributed by atoms with van der Waals surface area (Å²) in [6, 6.07) is 6.19. The van der Waals surface area contributed by atoms with E-state index >= 15 is 0 Å². The zero-order valence-corrected chi connectivity index (χ0v) is 11.8. The summed E-state index contributed by atoms with van der Waals surface area (Å²) in [7, 11) is 1.65. The summed E-state index contributed by atoms with van der Waals surface area (Å²) >= 11 is 0. The molecule has 1 aromatic rings. The molecule has 0 aromatic heterocycles. The highest BCUT2D eigenvalue weighted by Crippen LogP contribution is 2.31. The van der Waals surface area contributed by atoms with Gasteiger partial charge in [-0.05, 0) is 24.8 Å². The second-order valence-electron chi connectivity index (χ2n) is 5.67.